The summed E-state index contributed by atoms with van der Waals surface area (Å²) < 4.78 is 3.01. The molecule has 0 aromatic heterocycles. The molecular weight excluding hydrogens is 542 g/mol. The molecule has 2 rings (SSSR count). The standard InChI is InChI=1S/C15H12I2N2O5/c20-15(9-16-11-1-5-13(6-2-11)18(21)22)10-17-12-3-7-14(8-4-12)19(23)24/h1-8H,9-10H2/q-2. The van der Waals surface area contributed by atoms with Crippen molar-refractivity contribution in [2.45, 2.75) is 0 Å². The van der Waals surface area contributed by atoms with Gasteiger partial charge in [-0.1, -0.05) is 0 Å². The summed E-state index contributed by atoms with van der Waals surface area (Å²) >= 11 is -0.973. The maximum atomic E-state index is 12.0. The monoisotopic (exact) mass is 554 g/mol. The van der Waals surface area contributed by atoms with Gasteiger partial charge in [-0.3, -0.25) is 0 Å². The van der Waals surface area contributed by atoms with Crippen LogP contribution in [0.2, 0.25) is 0 Å². The summed E-state index contributed by atoms with van der Waals surface area (Å²) in [6.07, 6.45) is 0. The van der Waals surface area contributed by atoms with Gasteiger partial charge in [0.1, 0.15) is 0 Å². The Hall–Kier alpha value is -1.63. The Morgan fingerprint density at radius 1 is 0.750 bits per heavy atom. The van der Waals surface area contributed by atoms with Gasteiger partial charge in [-0.25, -0.2) is 0 Å². The van der Waals surface area contributed by atoms with Crippen LogP contribution in [0.1, 0.15) is 0 Å². The molecule has 7 nitrogen and oxygen atoms in total. The summed E-state index contributed by atoms with van der Waals surface area (Å²) in [4.78, 5) is 32.3. The second-order valence-corrected chi connectivity index (χ2v) is 10.1. The summed E-state index contributed by atoms with van der Waals surface area (Å²) in [5.41, 5.74) is 0.108. The summed E-state index contributed by atoms with van der Waals surface area (Å²) in [6.45, 7) is 0. The van der Waals surface area contributed by atoms with Gasteiger partial charge in [0.05, 0.1) is 0 Å². The minimum absolute atomic E-state index is 0.0538. The number of nitro groups is 2. The number of carbonyl (C=O) groups is 1. The molecule has 0 N–H and O–H groups in total. The first-order valence-electron chi connectivity index (χ1n) is 6.64. The second kappa shape index (κ2) is 9.01. The number of carbonyl (C=O) groups excluding carboxylic acids is 1. The van der Waals surface area contributed by atoms with Crippen LogP contribution in [0, 0.1) is 27.4 Å². The number of Topliss-reactive ketones (excluding diaryl/α,β-unsaturated/α-hetero) is 1. The fourth-order valence-corrected chi connectivity index (χ4v) is 6.68. The Morgan fingerprint density at radius 3 is 1.38 bits per heavy atom. The van der Waals surface area contributed by atoms with E-state index < -0.39 is 52.3 Å². The SMILES string of the molecule is O=C(C[I-]c1ccc([N+](=O)[O-])cc1)C[I-]c1ccc([N+](=O)[O-])cc1. The first-order chi connectivity index (χ1) is 11.5. The predicted molar refractivity (Wildman–Crippen MR) is 78.3 cm³/mol. The Labute approximate surface area is 158 Å². The fraction of sp³-hybridized carbons (Fsp3) is 0.133. The van der Waals surface area contributed by atoms with Gasteiger partial charge in [-0.15, -0.1) is 0 Å². The van der Waals surface area contributed by atoms with Crippen LogP contribution in [-0.4, -0.2) is 24.5 Å². The van der Waals surface area contributed by atoms with E-state index in [2.05, 4.69) is 0 Å². The van der Waals surface area contributed by atoms with Crippen molar-refractivity contribution in [3.05, 3.63) is 75.9 Å². The van der Waals surface area contributed by atoms with Gasteiger partial charge < -0.3 is 0 Å². The molecule has 128 valence electrons. The quantitative estimate of drug-likeness (QED) is 0.145. The van der Waals surface area contributed by atoms with Crippen LogP contribution >= 0.6 is 0 Å². The molecule has 0 saturated heterocycles. The Balaban J connectivity index is 1.78. The molecule has 2 aromatic rings. The van der Waals surface area contributed by atoms with Gasteiger partial charge in [0.25, 0.3) is 0 Å². The van der Waals surface area contributed by atoms with Gasteiger partial charge in [0.15, 0.2) is 0 Å². The molecule has 0 heterocycles. The van der Waals surface area contributed by atoms with Crippen LogP contribution in [0.3, 0.4) is 0 Å². The van der Waals surface area contributed by atoms with E-state index in [1.165, 1.54) is 24.3 Å². The topological polar surface area (TPSA) is 103 Å². The van der Waals surface area contributed by atoms with E-state index in [-0.39, 0.29) is 17.2 Å². The van der Waals surface area contributed by atoms with Crippen molar-refractivity contribution >= 4 is 17.2 Å². The molecule has 2 aromatic carbocycles. The Bertz CT molecular complexity index is 684. The van der Waals surface area contributed by atoms with E-state index in [9.17, 15) is 25.0 Å². The molecule has 0 unspecified atom stereocenters. The van der Waals surface area contributed by atoms with Crippen molar-refractivity contribution in [2.24, 2.45) is 0 Å². The number of nitro benzene ring substituents is 2. The number of alkyl halides is 2. The number of hydrogen-bond donors (Lipinski definition) is 0. The molecule has 0 aliphatic carbocycles. The first-order valence-corrected chi connectivity index (χ1v) is 11.9. The van der Waals surface area contributed by atoms with E-state index in [4.69, 9.17) is 0 Å². The number of halogens is 2. The van der Waals surface area contributed by atoms with Crippen molar-refractivity contribution in [1.82, 2.24) is 0 Å². The van der Waals surface area contributed by atoms with Crippen molar-refractivity contribution < 1.29 is 57.1 Å². The third-order valence-corrected chi connectivity index (χ3v) is 8.48. The minimum atomic E-state index is -0.487. The van der Waals surface area contributed by atoms with Gasteiger partial charge in [-0.05, 0) is 0 Å². The number of non-ortho nitro benzene ring substituents is 2. The fourth-order valence-electron chi connectivity index (χ4n) is 1.64. The Kier molecular flexibility index (Phi) is 7.02. The second-order valence-electron chi connectivity index (χ2n) is 4.54. The first kappa shape index (κ1) is 18.7. The summed E-state index contributed by atoms with van der Waals surface area (Å²) in [5, 5.41) is 21.2. The molecule has 9 heteroatoms. The van der Waals surface area contributed by atoms with Crippen LogP contribution in [-0.2, 0) is 4.79 Å². The summed E-state index contributed by atoms with van der Waals surface area (Å²) in [7, 11) is 0. The zero-order valence-electron chi connectivity index (χ0n) is 12.2. The van der Waals surface area contributed by atoms with Crippen LogP contribution in [0.4, 0.5) is 11.4 Å². The molecule has 0 radical (unpaired) electrons. The van der Waals surface area contributed by atoms with Crippen LogP contribution in [0.25, 0.3) is 0 Å². The van der Waals surface area contributed by atoms with Crippen molar-refractivity contribution in [3.8, 4) is 0 Å². The zero-order valence-corrected chi connectivity index (χ0v) is 16.5. The van der Waals surface area contributed by atoms with Gasteiger partial charge in [-0.2, -0.15) is 0 Å². The molecule has 0 saturated carbocycles. The van der Waals surface area contributed by atoms with E-state index in [1.807, 2.05) is 0 Å². The molecule has 0 aliphatic heterocycles. The number of nitrogens with zero attached hydrogens (tertiary/aromatic N) is 2. The summed E-state index contributed by atoms with van der Waals surface area (Å²) in [6, 6.07) is 12.7. The average Bonchev–Trinajstić information content (AvgIpc) is 2.58. The number of hydrogen-bond acceptors (Lipinski definition) is 5. The summed E-state index contributed by atoms with van der Waals surface area (Å²) in [5.74, 6) is 0.187. The Morgan fingerprint density at radius 2 is 1.08 bits per heavy atom. The molecule has 0 atom stereocenters. The normalized spacial score (nSPS) is 10.7. The van der Waals surface area contributed by atoms with E-state index in [1.54, 1.807) is 24.3 Å². The molecule has 0 bridgehead atoms. The van der Waals surface area contributed by atoms with Crippen molar-refractivity contribution in [3.63, 3.8) is 0 Å². The van der Waals surface area contributed by atoms with Crippen LogP contribution < -0.4 is 42.4 Å². The van der Waals surface area contributed by atoms with Gasteiger partial charge >= 0.3 is 159 Å². The van der Waals surface area contributed by atoms with Gasteiger partial charge in [0.2, 0.25) is 0 Å². The zero-order chi connectivity index (χ0) is 17.5. The number of rotatable bonds is 8. The molecule has 24 heavy (non-hydrogen) atoms. The third kappa shape index (κ3) is 5.78. The number of benzene rings is 2. The predicted octanol–water partition coefficient (Wildman–Crippen LogP) is -3.71. The van der Waals surface area contributed by atoms with Crippen LogP contribution in [0.5, 0.6) is 0 Å². The molecule has 0 spiro atoms. The van der Waals surface area contributed by atoms with Crippen LogP contribution in [0.15, 0.2) is 48.5 Å². The average molecular weight is 554 g/mol. The molecule has 0 amide bonds. The number of ketones is 1. The van der Waals surface area contributed by atoms with Crippen molar-refractivity contribution in [2.75, 3.05) is 8.86 Å². The molecular formula is C15H12I2N2O5-2. The van der Waals surface area contributed by atoms with E-state index >= 15 is 0 Å². The van der Waals surface area contributed by atoms with E-state index in [0.717, 1.165) is 7.14 Å². The van der Waals surface area contributed by atoms with E-state index in [0.29, 0.717) is 8.86 Å². The molecule has 0 fully saturated rings. The third-order valence-electron chi connectivity index (χ3n) is 2.82. The van der Waals surface area contributed by atoms with Crippen molar-refractivity contribution in [1.29, 1.82) is 0 Å². The molecule has 0 aliphatic rings. The van der Waals surface area contributed by atoms with Gasteiger partial charge in [0, 0.05) is 0 Å². The maximum absolute atomic E-state index is 12.0.